The molecule has 1 aromatic carbocycles. The number of nitrogens with one attached hydrogen (secondary N) is 1. The lowest BCUT2D eigenvalue weighted by molar-refractivity contribution is 0.0951. The van der Waals surface area contributed by atoms with Gasteiger partial charge in [0, 0.05) is 24.8 Å². The summed E-state index contributed by atoms with van der Waals surface area (Å²) in [5, 5.41) is 7.37. The molecule has 0 saturated carbocycles. The van der Waals surface area contributed by atoms with Gasteiger partial charge in [-0.25, -0.2) is 9.50 Å². The summed E-state index contributed by atoms with van der Waals surface area (Å²) in [6, 6.07) is 11.9. The van der Waals surface area contributed by atoms with E-state index in [0.29, 0.717) is 17.8 Å². The number of aromatic nitrogens is 3. The number of hydrogen-bond donors (Lipinski definition) is 1. The van der Waals surface area contributed by atoms with Gasteiger partial charge in [-0.2, -0.15) is 5.10 Å². The van der Waals surface area contributed by atoms with Crippen LogP contribution in [0.2, 0.25) is 0 Å². The molecular weight excluding hydrogens is 314 g/mol. The second-order valence-corrected chi connectivity index (χ2v) is 6.29. The Hall–Kier alpha value is -2.73. The lowest BCUT2D eigenvalue weighted by atomic mass is 10.1. The van der Waals surface area contributed by atoms with E-state index in [0.717, 1.165) is 30.9 Å². The average Bonchev–Trinajstić information content (AvgIpc) is 3.31. The van der Waals surface area contributed by atoms with Gasteiger partial charge >= 0.3 is 0 Å². The van der Waals surface area contributed by atoms with Crippen LogP contribution in [-0.2, 0) is 0 Å². The van der Waals surface area contributed by atoms with Gasteiger partial charge in [0.25, 0.3) is 5.91 Å². The second kappa shape index (κ2) is 7.03. The fraction of sp³-hybridized carbons (Fsp3) is 0.316. The molecule has 3 heterocycles. The monoisotopic (exact) mass is 335 g/mol. The molecule has 4 rings (SSSR count). The van der Waals surface area contributed by atoms with Gasteiger partial charge < -0.3 is 10.2 Å². The largest absolute Gasteiger partial charge is 0.351 e. The van der Waals surface area contributed by atoms with Crippen LogP contribution < -0.4 is 5.32 Å². The normalized spacial score (nSPS) is 14.9. The number of likely N-dealkylation sites (tertiary alicyclic amines) is 1. The Morgan fingerprint density at radius 2 is 1.92 bits per heavy atom. The average molecular weight is 335 g/mol. The molecule has 1 amide bonds. The van der Waals surface area contributed by atoms with Crippen molar-refractivity contribution in [2.45, 2.75) is 12.8 Å². The third-order valence-electron chi connectivity index (χ3n) is 4.63. The summed E-state index contributed by atoms with van der Waals surface area (Å²) in [6.07, 6.45) is 5.84. The molecule has 1 fully saturated rings. The molecule has 25 heavy (non-hydrogen) atoms. The third kappa shape index (κ3) is 3.25. The predicted molar refractivity (Wildman–Crippen MR) is 96.4 cm³/mol. The first-order chi connectivity index (χ1) is 12.3. The highest BCUT2D eigenvalue weighted by Crippen LogP contribution is 2.20. The lowest BCUT2D eigenvalue weighted by Gasteiger charge is -2.14. The van der Waals surface area contributed by atoms with Crippen molar-refractivity contribution in [3.8, 4) is 11.3 Å². The van der Waals surface area contributed by atoms with Crippen molar-refractivity contribution in [2.75, 3.05) is 26.2 Å². The molecule has 6 nitrogen and oxygen atoms in total. The van der Waals surface area contributed by atoms with Gasteiger partial charge in [0.2, 0.25) is 0 Å². The summed E-state index contributed by atoms with van der Waals surface area (Å²) in [4.78, 5) is 19.3. The standard InChI is InChI=1S/C19H21N5O/c25-19(21-10-13-23-11-4-5-12-23)16-14-22-24-17(8-9-20-18(16)24)15-6-2-1-3-7-15/h1-3,6-9,14H,4-5,10-13H2,(H,21,25). The minimum Gasteiger partial charge on any atom is -0.351 e. The van der Waals surface area contributed by atoms with Crippen LogP contribution in [0, 0.1) is 0 Å². The van der Waals surface area contributed by atoms with Crippen molar-refractivity contribution >= 4 is 11.6 Å². The smallest absolute Gasteiger partial charge is 0.256 e. The van der Waals surface area contributed by atoms with Gasteiger partial charge in [0.05, 0.1) is 11.9 Å². The zero-order valence-electron chi connectivity index (χ0n) is 14.1. The first-order valence-corrected chi connectivity index (χ1v) is 8.71. The van der Waals surface area contributed by atoms with Crippen LogP contribution in [0.5, 0.6) is 0 Å². The molecule has 0 aliphatic carbocycles. The van der Waals surface area contributed by atoms with Crippen LogP contribution in [0.4, 0.5) is 0 Å². The van der Waals surface area contributed by atoms with E-state index in [1.807, 2.05) is 36.4 Å². The van der Waals surface area contributed by atoms with Gasteiger partial charge in [0.15, 0.2) is 5.65 Å². The molecule has 6 heteroatoms. The minimum atomic E-state index is -0.119. The van der Waals surface area contributed by atoms with E-state index in [1.165, 1.54) is 12.8 Å². The molecule has 1 saturated heterocycles. The molecule has 0 spiro atoms. The number of carbonyl (C=O) groups excluding carboxylic acids is 1. The van der Waals surface area contributed by atoms with Crippen molar-refractivity contribution in [2.24, 2.45) is 0 Å². The molecular formula is C19H21N5O. The Kier molecular flexibility index (Phi) is 4.43. The highest BCUT2D eigenvalue weighted by Gasteiger charge is 2.17. The van der Waals surface area contributed by atoms with Gasteiger partial charge in [0.1, 0.15) is 5.56 Å². The fourth-order valence-electron chi connectivity index (χ4n) is 3.31. The maximum atomic E-state index is 12.5. The summed E-state index contributed by atoms with van der Waals surface area (Å²) < 4.78 is 1.73. The van der Waals surface area contributed by atoms with Crippen LogP contribution in [-0.4, -0.2) is 51.6 Å². The summed E-state index contributed by atoms with van der Waals surface area (Å²) in [5.41, 5.74) is 3.06. The predicted octanol–water partition coefficient (Wildman–Crippen LogP) is 2.22. The van der Waals surface area contributed by atoms with Gasteiger partial charge in [-0.1, -0.05) is 30.3 Å². The SMILES string of the molecule is O=C(NCCN1CCCC1)c1cnn2c(-c3ccccc3)ccnc12. The Morgan fingerprint density at radius 1 is 1.12 bits per heavy atom. The molecule has 128 valence electrons. The molecule has 0 unspecified atom stereocenters. The van der Waals surface area contributed by atoms with E-state index in [4.69, 9.17) is 0 Å². The number of benzene rings is 1. The second-order valence-electron chi connectivity index (χ2n) is 6.29. The van der Waals surface area contributed by atoms with Crippen molar-refractivity contribution in [3.05, 3.63) is 54.4 Å². The molecule has 1 aliphatic heterocycles. The quantitative estimate of drug-likeness (QED) is 0.777. The zero-order chi connectivity index (χ0) is 17.1. The van der Waals surface area contributed by atoms with Crippen LogP contribution in [0.25, 0.3) is 16.9 Å². The van der Waals surface area contributed by atoms with Crippen LogP contribution in [0.3, 0.4) is 0 Å². The Labute approximate surface area is 146 Å². The number of fused-ring (bicyclic) bond motifs is 1. The highest BCUT2D eigenvalue weighted by atomic mass is 16.1. The first kappa shape index (κ1) is 15.8. The molecule has 0 radical (unpaired) electrons. The summed E-state index contributed by atoms with van der Waals surface area (Å²) in [5.74, 6) is -0.119. The first-order valence-electron chi connectivity index (χ1n) is 8.71. The Bertz CT molecular complexity index is 868. The summed E-state index contributed by atoms with van der Waals surface area (Å²) >= 11 is 0. The molecule has 0 atom stereocenters. The minimum absolute atomic E-state index is 0.119. The maximum Gasteiger partial charge on any atom is 0.256 e. The highest BCUT2D eigenvalue weighted by molar-refractivity contribution is 5.99. The zero-order valence-corrected chi connectivity index (χ0v) is 14.1. The number of carbonyl (C=O) groups is 1. The molecule has 2 aromatic heterocycles. The summed E-state index contributed by atoms with van der Waals surface area (Å²) in [7, 11) is 0. The van der Waals surface area contributed by atoms with Crippen molar-refractivity contribution in [3.63, 3.8) is 0 Å². The van der Waals surface area contributed by atoms with E-state index in [-0.39, 0.29) is 5.91 Å². The molecule has 1 N–H and O–H groups in total. The van der Waals surface area contributed by atoms with E-state index >= 15 is 0 Å². The number of nitrogens with zero attached hydrogens (tertiary/aromatic N) is 4. The van der Waals surface area contributed by atoms with Crippen molar-refractivity contribution in [1.82, 2.24) is 24.8 Å². The fourth-order valence-corrected chi connectivity index (χ4v) is 3.31. The number of amides is 1. The van der Waals surface area contributed by atoms with E-state index in [1.54, 1.807) is 16.9 Å². The van der Waals surface area contributed by atoms with Gasteiger partial charge in [-0.3, -0.25) is 4.79 Å². The van der Waals surface area contributed by atoms with Crippen molar-refractivity contribution < 1.29 is 4.79 Å². The van der Waals surface area contributed by atoms with Crippen LogP contribution in [0.15, 0.2) is 48.8 Å². The topological polar surface area (TPSA) is 62.5 Å². The molecule has 3 aromatic rings. The molecule has 1 aliphatic rings. The third-order valence-corrected chi connectivity index (χ3v) is 4.63. The van der Waals surface area contributed by atoms with Gasteiger partial charge in [-0.15, -0.1) is 0 Å². The Morgan fingerprint density at radius 3 is 2.72 bits per heavy atom. The van der Waals surface area contributed by atoms with Crippen LogP contribution >= 0.6 is 0 Å². The number of hydrogen-bond acceptors (Lipinski definition) is 4. The summed E-state index contributed by atoms with van der Waals surface area (Å²) in [6.45, 7) is 3.81. The number of rotatable bonds is 5. The molecule has 0 bridgehead atoms. The van der Waals surface area contributed by atoms with E-state index in [2.05, 4.69) is 20.3 Å². The van der Waals surface area contributed by atoms with E-state index in [9.17, 15) is 4.79 Å². The maximum absolute atomic E-state index is 12.5. The van der Waals surface area contributed by atoms with Crippen LogP contribution in [0.1, 0.15) is 23.2 Å². The van der Waals surface area contributed by atoms with E-state index < -0.39 is 0 Å². The van der Waals surface area contributed by atoms with Crippen molar-refractivity contribution in [1.29, 1.82) is 0 Å². The van der Waals surface area contributed by atoms with Gasteiger partial charge in [-0.05, 0) is 32.0 Å². The Balaban J connectivity index is 1.53. The lowest BCUT2D eigenvalue weighted by Crippen LogP contribution is -2.33.